The molecule has 1 unspecified atom stereocenters. The Morgan fingerprint density at radius 1 is 1.37 bits per heavy atom. The first kappa shape index (κ1) is 14.4. The van der Waals surface area contributed by atoms with Crippen molar-refractivity contribution in [3.05, 3.63) is 23.3 Å². The minimum atomic E-state index is -0.0768. The van der Waals surface area contributed by atoms with Crippen LogP contribution < -0.4 is 5.32 Å². The van der Waals surface area contributed by atoms with Gasteiger partial charge in [0.25, 0.3) is 0 Å². The lowest BCUT2D eigenvalue weighted by molar-refractivity contribution is 0.00838. The molecule has 0 aromatic carbocycles. The smallest absolute Gasteiger partial charge is 0.158 e. The molecule has 4 heteroatoms. The monoisotopic (exact) mass is 263 g/mol. The van der Waals surface area contributed by atoms with Crippen LogP contribution in [-0.4, -0.2) is 23.1 Å². The van der Waals surface area contributed by atoms with E-state index in [1.807, 2.05) is 13.0 Å². The van der Waals surface area contributed by atoms with Crippen LogP contribution in [0, 0.1) is 12.3 Å². The van der Waals surface area contributed by atoms with E-state index in [-0.39, 0.29) is 11.5 Å². The minimum Gasteiger partial charge on any atom is -0.373 e. The molecule has 0 saturated heterocycles. The van der Waals surface area contributed by atoms with E-state index in [0.717, 1.165) is 23.8 Å². The normalized spacial score (nSPS) is 17.5. The molecular formula is C15H25N3O. The molecule has 106 valence electrons. The molecule has 0 bridgehead atoms. The quantitative estimate of drug-likeness (QED) is 0.887. The molecule has 1 aliphatic carbocycles. The summed E-state index contributed by atoms with van der Waals surface area (Å²) in [6, 6.07) is 2.74. The molecule has 1 aromatic heterocycles. The molecule has 1 heterocycles. The molecule has 0 spiro atoms. The highest BCUT2D eigenvalue weighted by Crippen LogP contribution is 2.33. The van der Waals surface area contributed by atoms with Crippen LogP contribution in [-0.2, 0) is 11.3 Å². The van der Waals surface area contributed by atoms with Crippen molar-refractivity contribution in [2.45, 2.75) is 59.2 Å². The number of ether oxygens (including phenoxy) is 1. The van der Waals surface area contributed by atoms with Gasteiger partial charge < -0.3 is 10.1 Å². The van der Waals surface area contributed by atoms with E-state index < -0.39 is 0 Å². The zero-order valence-corrected chi connectivity index (χ0v) is 12.7. The lowest BCUT2D eigenvalue weighted by Gasteiger charge is -2.28. The van der Waals surface area contributed by atoms with Crippen LogP contribution in [0.1, 0.15) is 56.9 Å². The summed E-state index contributed by atoms with van der Waals surface area (Å²) in [5.74, 6) is 0.794. The first-order chi connectivity index (χ1) is 8.90. The van der Waals surface area contributed by atoms with Crippen molar-refractivity contribution in [3.63, 3.8) is 0 Å². The van der Waals surface area contributed by atoms with Crippen molar-refractivity contribution < 1.29 is 4.74 Å². The van der Waals surface area contributed by atoms with Crippen molar-refractivity contribution in [1.29, 1.82) is 0 Å². The predicted octanol–water partition coefficient (Wildman–Crippen LogP) is 2.77. The highest BCUT2D eigenvalue weighted by molar-refractivity contribution is 5.12. The Labute approximate surface area is 116 Å². The minimum absolute atomic E-state index is 0.0102. The Hall–Kier alpha value is -1.00. The molecule has 19 heavy (non-hydrogen) atoms. The van der Waals surface area contributed by atoms with E-state index >= 15 is 0 Å². The van der Waals surface area contributed by atoms with E-state index in [1.54, 1.807) is 7.11 Å². The molecule has 2 rings (SSSR count). The summed E-state index contributed by atoms with van der Waals surface area (Å²) in [7, 11) is 1.73. The number of hydrogen-bond donors (Lipinski definition) is 1. The van der Waals surface area contributed by atoms with Crippen LogP contribution in [0.25, 0.3) is 0 Å². The summed E-state index contributed by atoms with van der Waals surface area (Å²) >= 11 is 0. The van der Waals surface area contributed by atoms with Gasteiger partial charge in [-0.05, 0) is 31.2 Å². The maximum absolute atomic E-state index is 5.60. The highest BCUT2D eigenvalue weighted by Gasteiger charge is 2.29. The Morgan fingerprint density at radius 3 is 2.58 bits per heavy atom. The second kappa shape index (κ2) is 5.55. The van der Waals surface area contributed by atoms with Crippen LogP contribution in [0.5, 0.6) is 0 Å². The molecule has 1 aromatic rings. The molecule has 0 radical (unpaired) electrons. The number of aromatic nitrogens is 2. The Balaban J connectivity index is 2.18. The number of hydrogen-bond acceptors (Lipinski definition) is 4. The summed E-state index contributed by atoms with van der Waals surface area (Å²) < 4.78 is 5.60. The molecule has 1 saturated carbocycles. The Morgan fingerprint density at radius 2 is 2.05 bits per heavy atom. The van der Waals surface area contributed by atoms with Gasteiger partial charge in [0.2, 0.25) is 0 Å². The zero-order chi connectivity index (χ0) is 14.0. The first-order valence-electron chi connectivity index (χ1n) is 7.01. The lowest BCUT2D eigenvalue weighted by Crippen LogP contribution is -2.24. The number of aryl methyl sites for hydroxylation is 1. The van der Waals surface area contributed by atoms with Crippen molar-refractivity contribution in [1.82, 2.24) is 15.3 Å². The van der Waals surface area contributed by atoms with Crippen molar-refractivity contribution in [2.75, 3.05) is 7.11 Å². The Bertz CT molecular complexity index is 436. The van der Waals surface area contributed by atoms with Crippen molar-refractivity contribution in [3.8, 4) is 0 Å². The molecule has 0 amide bonds. The summed E-state index contributed by atoms with van der Waals surface area (Å²) in [4.78, 5) is 9.22. The van der Waals surface area contributed by atoms with Gasteiger partial charge in [-0.1, -0.05) is 20.8 Å². The second-order valence-electron chi connectivity index (χ2n) is 6.50. The zero-order valence-electron chi connectivity index (χ0n) is 12.7. The van der Waals surface area contributed by atoms with Crippen LogP contribution in [0.2, 0.25) is 0 Å². The van der Waals surface area contributed by atoms with Gasteiger partial charge in [0.15, 0.2) is 5.82 Å². The molecular weight excluding hydrogens is 238 g/mol. The summed E-state index contributed by atoms with van der Waals surface area (Å²) in [6.07, 6.45) is 2.51. The summed E-state index contributed by atoms with van der Waals surface area (Å²) in [5, 5.41) is 3.49. The van der Waals surface area contributed by atoms with E-state index in [1.165, 1.54) is 12.8 Å². The van der Waals surface area contributed by atoms with Crippen LogP contribution in [0.3, 0.4) is 0 Å². The first-order valence-corrected chi connectivity index (χ1v) is 7.01. The van der Waals surface area contributed by atoms with Crippen molar-refractivity contribution in [2.24, 2.45) is 5.41 Å². The van der Waals surface area contributed by atoms with Gasteiger partial charge in [-0.2, -0.15) is 0 Å². The second-order valence-corrected chi connectivity index (χ2v) is 6.50. The van der Waals surface area contributed by atoms with E-state index in [9.17, 15) is 0 Å². The predicted molar refractivity (Wildman–Crippen MR) is 75.8 cm³/mol. The third kappa shape index (κ3) is 3.98. The molecule has 1 N–H and O–H groups in total. The third-order valence-electron chi connectivity index (χ3n) is 3.33. The van der Waals surface area contributed by atoms with Crippen LogP contribution >= 0.6 is 0 Å². The van der Waals surface area contributed by atoms with Crippen LogP contribution in [0.15, 0.2) is 6.07 Å². The molecule has 1 fully saturated rings. The Kier molecular flexibility index (Phi) is 4.21. The average molecular weight is 263 g/mol. The van der Waals surface area contributed by atoms with Crippen molar-refractivity contribution >= 4 is 0 Å². The van der Waals surface area contributed by atoms with Gasteiger partial charge in [0.05, 0.1) is 5.69 Å². The van der Waals surface area contributed by atoms with Gasteiger partial charge in [-0.15, -0.1) is 0 Å². The fraction of sp³-hybridized carbons (Fsp3) is 0.733. The van der Waals surface area contributed by atoms with E-state index in [2.05, 4.69) is 36.1 Å². The SMILES string of the molecule is COC(c1nc(C)cc(CNC2CC2)n1)C(C)(C)C. The van der Waals surface area contributed by atoms with Gasteiger partial charge in [-0.25, -0.2) is 9.97 Å². The molecule has 1 atom stereocenters. The van der Waals surface area contributed by atoms with Gasteiger partial charge in [0.1, 0.15) is 6.10 Å². The topological polar surface area (TPSA) is 47.0 Å². The fourth-order valence-electron chi connectivity index (χ4n) is 2.25. The van der Waals surface area contributed by atoms with E-state index in [4.69, 9.17) is 4.74 Å². The molecule has 0 aliphatic heterocycles. The lowest BCUT2D eigenvalue weighted by atomic mass is 9.88. The third-order valence-corrected chi connectivity index (χ3v) is 3.33. The largest absolute Gasteiger partial charge is 0.373 e. The van der Waals surface area contributed by atoms with Crippen LogP contribution in [0.4, 0.5) is 0 Å². The maximum atomic E-state index is 5.60. The van der Waals surface area contributed by atoms with Gasteiger partial charge in [-0.3, -0.25) is 0 Å². The summed E-state index contributed by atoms with van der Waals surface area (Å²) in [6.45, 7) is 9.28. The maximum Gasteiger partial charge on any atom is 0.158 e. The molecule has 1 aliphatic rings. The standard InChI is InChI=1S/C15H25N3O/c1-10-8-12(9-16-11-6-7-11)18-14(17-10)13(19-5)15(2,3)4/h8,11,13,16H,6-7,9H2,1-5H3. The summed E-state index contributed by atoms with van der Waals surface area (Å²) in [5.41, 5.74) is 2.05. The number of nitrogens with one attached hydrogen (secondary N) is 1. The molecule has 4 nitrogen and oxygen atoms in total. The van der Waals surface area contributed by atoms with E-state index in [0.29, 0.717) is 6.04 Å². The average Bonchev–Trinajstić information content (AvgIpc) is 3.08. The fourth-order valence-corrected chi connectivity index (χ4v) is 2.25. The van der Waals surface area contributed by atoms with Gasteiger partial charge in [0, 0.05) is 25.4 Å². The number of methoxy groups -OCH3 is 1. The van der Waals surface area contributed by atoms with Gasteiger partial charge >= 0.3 is 0 Å². The number of rotatable bonds is 5. The highest BCUT2D eigenvalue weighted by atomic mass is 16.5. The number of nitrogens with zero attached hydrogens (tertiary/aromatic N) is 2.